The number of thiocarbonyl (C=S) groups is 1. The number of nitrogens with one attached hydrogen (secondary N) is 2. The van der Waals surface area contributed by atoms with E-state index in [2.05, 4.69) is 10.3 Å². The van der Waals surface area contributed by atoms with Gasteiger partial charge in [0.25, 0.3) is 5.56 Å². The minimum Gasteiger partial charge on any atom is -0.495 e. The quantitative estimate of drug-likeness (QED) is 0.399. The Morgan fingerprint density at radius 2 is 1.75 bits per heavy atom. The number of aromatic nitrogens is 1. The van der Waals surface area contributed by atoms with Crippen molar-refractivity contribution in [2.24, 2.45) is 0 Å². The highest BCUT2D eigenvalue weighted by molar-refractivity contribution is 7.80. The minimum absolute atomic E-state index is 0.107. The van der Waals surface area contributed by atoms with Crippen LogP contribution < -0.4 is 15.6 Å². The van der Waals surface area contributed by atoms with Crippen LogP contribution in [0.15, 0.2) is 83.7 Å². The van der Waals surface area contributed by atoms with Crippen LogP contribution in [-0.4, -0.2) is 22.1 Å². The Kier molecular flexibility index (Phi) is 6.52. The number of rotatable bonds is 6. The van der Waals surface area contributed by atoms with Crippen molar-refractivity contribution < 1.29 is 4.74 Å². The van der Waals surface area contributed by atoms with Crippen molar-refractivity contribution in [1.29, 1.82) is 0 Å². The van der Waals surface area contributed by atoms with Gasteiger partial charge in [0.05, 0.1) is 24.9 Å². The second-order valence-corrected chi connectivity index (χ2v) is 8.02. The molecule has 0 aliphatic heterocycles. The summed E-state index contributed by atoms with van der Waals surface area (Å²) in [6, 6.07) is 25.6. The lowest BCUT2D eigenvalue weighted by atomic mass is 10.1. The number of benzene rings is 3. The summed E-state index contributed by atoms with van der Waals surface area (Å²) in [5, 5.41) is 4.81. The van der Waals surface area contributed by atoms with E-state index >= 15 is 0 Å². The first-order valence-electron chi connectivity index (χ1n) is 10.4. The van der Waals surface area contributed by atoms with E-state index in [4.69, 9.17) is 17.0 Å². The maximum absolute atomic E-state index is 12.9. The van der Waals surface area contributed by atoms with E-state index in [1.54, 1.807) is 7.11 Å². The number of H-pyrrole nitrogens is 1. The van der Waals surface area contributed by atoms with Crippen LogP contribution in [0.5, 0.6) is 5.75 Å². The van der Waals surface area contributed by atoms with Gasteiger partial charge >= 0.3 is 0 Å². The molecule has 0 spiro atoms. The van der Waals surface area contributed by atoms with Crippen LogP contribution in [-0.2, 0) is 13.1 Å². The normalized spacial score (nSPS) is 10.7. The first-order chi connectivity index (χ1) is 15.5. The van der Waals surface area contributed by atoms with Crippen LogP contribution in [0.4, 0.5) is 5.69 Å². The third-order valence-electron chi connectivity index (χ3n) is 5.38. The number of nitrogens with zero attached hydrogens (tertiary/aromatic N) is 1. The average Bonchev–Trinajstić information content (AvgIpc) is 2.81. The molecule has 0 saturated heterocycles. The number of hydrogen-bond donors (Lipinski definition) is 2. The summed E-state index contributed by atoms with van der Waals surface area (Å²) in [5.41, 5.74) is 4.34. The van der Waals surface area contributed by atoms with E-state index in [1.165, 1.54) is 0 Å². The highest BCUT2D eigenvalue weighted by Crippen LogP contribution is 2.24. The Morgan fingerprint density at radius 3 is 2.53 bits per heavy atom. The van der Waals surface area contributed by atoms with Gasteiger partial charge in [-0.15, -0.1) is 0 Å². The van der Waals surface area contributed by atoms with Crippen molar-refractivity contribution in [2.45, 2.75) is 20.0 Å². The molecule has 4 aromatic rings. The summed E-state index contributed by atoms with van der Waals surface area (Å²) in [5.74, 6) is 0.702. The van der Waals surface area contributed by atoms with Gasteiger partial charge in [-0.2, -0.15) is 0 Å². The molecule has 162 valence electrons. The zero-order chi connectivity index (χ0) is 22.5. The van der Waals surface area contributed by atoms with Gasteiger partial charge in [0.15, 0.2) is 5.11 Å². The average molecular weight is 444 g/mol. The highest BCUT2D eigenvalue weighted by Gasteiger charge is 2.16. The molecule has 0 fully saturated rings. The Bertz CT molecular complexity index is 1300. The molecular formula is C26H25N3O2S. The molecular weight excluding hydrogens is 418 g/mol. The Labute approximate surface area is 192 Å². The lowest BCUT2D eigenvalue weighted by Gasteiger charge is -2.26. The number of methoxy groups -OCH3 is 1. The fourth-order valence-corrected chi connectivity index (χ4v) is 3.94. The van der Waals surface area contributed by atoms with Crippen LogP contribution in [0.25, 0.3) is 10.9 Å². The number of aromatic amines is 1. The van der Waals surface area contributed by atoms with Crippen molar-refractivity contribution in [3.63, 3.8) is 0 Å². The molecule has 0 bridgehead atoms. The van der Waals surface area contributed by atoms with Gasteiger partial charge in [0.1, 0.15) is 5.75 Å². The zero-order valence-electron chi connectivity index (χ0n) is 18.1. The van der Waals surface area contributed by atoms with Gasteiger partial charge in [-0.25, -0.2) is 0 Å². The number of para-hydroxylation sites is 3. The minimum atomic E-state index is -0.107. The SMILES string of the molecule is COc1ccccc1NC(=S)N(Cc1ccccc1)Cc1cc2cccc(C)c2[nH]c1=O. The number of ether oxygens (including phenoxy) is 1. The van der Waals surface area contributed by atoms with Gasteiger partial charge in [0, 0.05) is 12.1 Å². The first kappa shape index (κ1) is 21.6. The van der Waals surface area contributed by atoms with Crippen molar-refractivity contribution >= 4 is 33.9 Å². The number of aryl methyl sites for hydroxylation is 1. The zero-order valence-corrected chi connectivity index (χ0v) is 18.9. The lowest BCUT2D eigenvalue weighted by Crippen LogP contribution is -2.35. The Hall–Kier alpha value is -3.64. The molecule has 0 aliphatic carbocycles. The number of hydrogen-bond acceptors (Lipinski definition) is 3. The maximum atomic E-state index is 12.9. The molecule has 4 rings (SSSR count). The van der Waals surface area contributed by atoms with E-state index < -0.39 is 0 Å². The second kappa shape index (κ2) is 9.66. The van der Waals surface area contributed by atoms with E-state index in [-0.39, 0.29) is 5.56 Å². The Morgan fingerprint density at radius 1 is 1.00 bits per heavy atom. The van der Waals surface area contributed by atoms with Crippen LogP contribution in [0, 0.1) is 6.92 Å². The largest absolute Gasteiger partial charge is 0.495 e. The molecule has 5 nitrogen and oxygen atoms in total. The summed E-state index contributed by atoms with van der Waals surface area (Å²) in [4.78, 5) is 17.9. The van der Waals surface area contributed by atoms with Crippen LogP contribution in [0.2, 0.25) is 0 Å². The molecule has 2 N–H and O–H groups in total. The smallest absolute Gasteiger partial charge is 0.253 e. The summed E-state index contributed by atoms with van der Waals surface area (Å²) >= 11 is 5.77. The highest BCUT2D eigenvalue weighted by atomic mass is 32.1. The van der Waals surface area contributed by atoms with E-state index in [0.29, 0.717) is 29.5 Å². The predicted molar refractivity (Wildman–Crippen MR) is 134 cm³/mol. The molecule has 0 atom stereocenters. The number of pyridine rings is 1. The predicted octanol–water partition coefficient (Wildman–Crippen LogP) is 5.24. The fourth-order valence-electron chi connectivity index (χ4n) is 3.70. The summed E-state index contributed by atoms with van der Waals surface area (Å²) in [7, 11) is 1.63. The van der Waals surface area contributed by atoms with Crippen molar-refractivity contribution in [3.05, 3.63) is 106 Å². The van der Waals surface area contributed by atoms with Crippen LogP contribution >= 0.6 is 12.2 Å². The van der Waals surface area contributed by atoms with Gasteiger partial charge in [-0.05, 0) is 53.9 Å². The monoisotopic (exact) mass is 443 g/mol. The molecule has 1 heterocycles. The molecule has 0 unspecified atom stereocenters. The molecule has 1 aromatic heterocycles. The van der Waals surface area contributed by atoms with Crippen LogP contribution in [0.3, 0.4) is 0 Å². The van der Waals surface area contributed by atoms with Crippen molar-refractivity contribution in [2.75, 3.05) is 12.4 Å². The topological polar surface area (TPSA) is 57.4 Å². The molecule has 0 saturated carbocycles. The van der Waals surface area contributed by atoms with Crippen molar-refractivity contribution in [3.8, 4) is 5.75 Å². The van der Waals surface area contributed by atoms with Crippen LogP contribution in [0.1, 0.15) is 16.7 Å². The molecule has 0 radical (unpaired) electrons. The second-order valence-electron chi connectivity index (χ2n) is 7.63. The molecule has 0 aliphatic rings. The molecule has 0 amide bonds. The number of anilines is 1. The van der Waals surface area contributed by atoms with E-state index in [0.717, 1.165) is 27.7 Å². The van der Waals surface area contributed by atoms with Gasteiger partial charge in [-0.3, -0.25) is 4.79 Å². The maximum Gasteiger partial charge on any atom is 0.253 e. The van der Waals surface area contributed by atoms with Gasteiger partial charge in [0.2, 0.25) is 0 Å². The third kappa shape index (κ3) is 4.81. The molecule has 6 heteroatoms. The summed E-state index contributed by atoms with van der Waals surface area (Å²) in [6.45, 7) is 2.92. The molecule has 3 aromatic carbocycles. The van der Waals surface area contributed by atoms with E-state index in [1.807, 2.05) is 90.7 Å². The van der Waals surface area contributed by atoms with Gasteiger partial charge in [-0.1, -0.05) is 60.7 Å². The molecule has 32 heavy (non-hydrogen) atoms. The van der Waals surface area contributed by atoms with Gasteiger partial charge < -0.3 is 19.9 Å². The van der Waals surface area contributed by atoms with Crippen molar-refractivity contribution in [1.82, 2.24) is 9.88 Å². The third-order valence-corrected chi connectivity index (χ3v) is 5.74. The summed E-state index contributed by atoms with van der Waals surface area (Å²) in [6.07, 6.45) is 0. The Balaban J connectivity index is 1.66. The lowest BCUT2D eigenvalue weighted by molar-refractivity contribution is 0.408. The fraction of sp³-hybridized carbons (Fsp3) is 0.154. The first-order valence-corrected chi connectivity index (χ1v) is 10.8. The number of fused-ring (bicyclic) bond motifs is 1. The summed E-state index contributed by atoms with van der Waals surface area (Å²) < 4.78 is 5.45. The van der Waals surface area contributed by atoms with E-state index in [9.17, 15) is 4.79 Å². The standard InChI is InChI=1S/C26H25N3O2S/c1-18-9-8-12-20-15-21(25(30)28-24(18)20)17-29(16-19-10-4-3-5-11-19)26(32)27-22-13-6-7-14-23(22)31-2/h3-15H,16-17H2,1-2H3,(H,27,32)(H,28,30).